The van der Waals surface area contributed by atoms with Crippen LogP contribution < -0.4 is 11.1 Å². The first-order chi connectivity index (χ1) is 12.2. The number of nitrogens with two attached hydrogens (primary N) is 1. The molecular formula is C20H20N4O. The van der Waals surface area contributed by atoms with Gasteiger partial charge in [0.05, 0.1) is 17.6 Å². The van der Waals surface area contributed by atoms with Crippen molar-refractivity contribution < 1.29 is 4.79 Å². The molecule has 1 aromatic heterocycles. The molecule has 1 heterocycles. The number of hydrogen-bond acceptors (Lipinski definition) is 4. The Balaban J connectivity index is 1.57. The van der Waals surface area contributed by atoms with Crippen LogP contribution in [-0.2, 0) is 6.42 Å². The number of amides is 1. The molecule has 0 unspecified atom stereocenters. The van der Waals surface area contributed by atoms with Crippen molar-refractivity contribution in [3.63, 3.8) is 0 Å². The average Bonchev–Trinajstić information content (AvgIpc) is 2.67. The summed E-state index contributed by atoms with van der Waals surface area (Å²) < 4.78 is 0. The van der Waals surface area contributed by atoms with Crippen LogP contribution in [0.15, 0.2) is 66.9 Å². The number of rotatable bonds is 6. The van der Waals surface area contributed by atoms with Crippen molar-refractivity contribution in [2.75, 3.05) is 12.3 Å². The van der Waals surface area contributed by atoms with Crippen molar-refractivity contribution in [1.82, 2.24) is 15.3 Å². The number of nitrogens with one attached hydrogen (secondary N) is 1. The van der Waals surface area contributed by atoms with Crippen molar-refractivity contribution in [2.45, 2.75) is 12.8 Å². The van der Waals surface area contributed by atoms with Crippen LogP contribution in [0.1, 0.15) is 22.5 Å². The van der Waals surface area contributed by atoms with Crippen LogP contribution in [0.5, 0.6) is 0 Å². The fourth-order valence-electron chi connectivity index (χ4n) is 2.52. The first-order valence-electron chi connectivity index (χ1n) is 8.24. The van der Waals surface area contributed by atoms with E-state index < -0.39 is 0 Å². The fraction of sp³-hybridized carbons (Fsp3) is 0.150. The summed E-state index contributed by atoms with van der Waals surface area (Å²) in [5.41, 5.74) is 9.17. The summed E-state index contributed by atoms with van der Waals surface area (Å²) in [6, 6.07) is 19.0. The van der Waals surface area contributed by atoms with E-state index in [4.69, 9.17) is 5.73 Å². The smallest absolute Gasteiger partial charge is 0.251 e. The summed E-state index contributed by atoms with van der Waals surface area (Å²) in [6.07, 6.45) is 3.09. The normalized spacial score (nSPS) is 10.4. The molecule has 3 aromatic rings. The fourth-order valence-corrected chi connectivity index (χ4v) is 2.52. The maximum Gasteiger partial charge on any atom is 0.251 e. The molecular weight excluding hydrogens is 312 g/mol. The standard InChI is InChI=1S/C20H20N4O/c21-19-17(24-18(14-23-19)15-8-3-1-4-9-15)12-7-13-22-20(25)16-10-5-2-6-11-16/h1-6,8-11,14H,7,12-13H2,(H2,21,23)(H,22,25). The lowest BCUT2D eigenvalue weighted by atomic mass is 10.1. The third kappa shape index (κ3) is 4.41. The van der Waals surface area contributed by atoms with Crippen LogP contribution in [0.25, 0.3) is 11.3 Å². The Labute approximate surface area is 146 Å². The Morgan fingerprint density at radius 3 is 2.40 bits per heavy atom. The largest absolute Gasteiger partial charge is 0.382 e. The van der Waals surface area contributed by atoms with Crippen molar-refractivity contribution >= 4 is 11.7 Å². The highest BCUT2D eigenvalue weighted by molar-refractivity contribution is 5.94. The molecule has 0 radical (unpaired) electrons. The molecule has 3 rings (SSSR count). The van der Waals surface area contributed by atoms with Crippen molar-refractivity contribution in [3.05, 3.63) is 78.1 Å². The van der Waals surface area contributed by atoms with Crippen molar-refractivity contribution in [3.8, 4) is 11.3 Å². The summed E-state index contributed by atoms with van der Waals surface area (Å²) in [5.74, 6) is 0.367. The minimum Gasteiger partial charge on any atom is -0.382 e. The van der Waals surface area contributed by atoms with E-state index in [-0.39, 0.29) is 5.91 Å². The molecule has 5 nitrogen and oxygen atoms in total. The maximum absolute atomic E-state index is 12.0. The molecule has 0 saturated carbocycles. The van der Waals surface area contributed by atoms with Gasteiger partial charge in [-0.05, 0) is 25.0 Å². The highest BCUT2D eigenvalue weighted by Gasteiger charge is 2.08. The van der Waals surface area contributed by atoms with E-state index in [0.717, 1.165) is 23.4 Å². The van der Waals surface area contributed by atoms with Gasteiger partial charge in [-0.25, -0.2) is 9.97 Å². The van der Waals surface area contributed by atoms with Crippen LogP contribution >= 0.6 is 0 Å². The van der Waals surface area contributed by atoms with Gasteiger partial charge in [0.25, 0.3) is 5.91 Å². The second-order valence-corrected chi connectivity index (χ2v) is 5.68. The summed E-state index contributed by atoms with van der Waals surface area (Å²) in [6.45, 7) is 0.560. The monoisotopic (exact) mass is 332 g/mol. The van der Waals surface area contributed by atoms with Gasteiger partial charge in [0.15, 0.2) is 0 Å². The number of carbonyl (C=O) groups is 1. The van der Waals surface area contributed by atoms with E-state index in [1.165, 1.54) is 0 Å². The van der Waals surface area contributed by atoms with E-state index in [9.17, 15) is 4.79 Å². The lowest BCUT2D eigenvalue weighted by Gasteiger charge is -2.08. The first kappa shape index (κ1) is 16.6. The van der Waals surface area contributed by atoms with Gasteiger partial charge < -0.3 is 11.1 Å². The van der Waals surface area contributed by atoms with Gasteiger partial charge in [-0.3, -0.25) is 4.79 Å². The SMILES string of the molecule is Nc1ncc(-c2ccccc2)nc1CCCNC(=O)c1ccccc1. The number of aromatic nitrogens is 2. The minimum absolute atomic E-state index is 0.0716. The number of aryl methyl sites for hydroxylation is 1. The van der Waals surface area contributed by atoms with Gasteiger partial charge >= 0.3 is 0 Å². The number of benzene rings is 2. The number of carbonyl (C=O) groups excluding carboxylic acids is 1. The third-order valence-corrected chi connectivity index (χ3v) is 3.86. The van der Waals surface area contributed by atoms with Crippen LogP contribution in [0.4, 0.5) is 5.82 Å². The second kappa shape index (κ2) is 8.06. The highest BCUT2D eigenvalue weighted by atomic mass is 16.1. The zero-order valence-electron chi connectivity index (χ0n) is 13.9. The molecule has 0 saturated heterocycles. The molecule has 0 fully saturated rings. The van der Waals surface area contributed by atoms with Gasteiger partial charge in [0.1, 0.15) is 5.82 Å². The summed E-state index contributed by atoms with van der Waals surface area (Å²) >= 11 is 0. The second-order valence-electron chi connectivity index (χ2n) is 5.68. The van der Waals surface area contributed by atoms with Gasteiger partial charge in [-0.2, -0.15) is 0 Å². The van der Waals surface area contributed by atoms with E-state index in [2.05, 4.69) is 15.3 Å². The van der Waals surface area contributed by atoms with Crippen LogP contribution in [-0.4, -0.2) is 22.4 Å². The van der Waals surface area contributed by atoms with E-state index >= 15 is 0 Å². The highest BCUT2D eigenvalue weighted by Crippen LogP contribution is 2.18. The Bertz CT molecular complexity index is 835. The topological polar surface area (TPSA) is 80.9 Å². The predicted octanol–water partition coefficient (Wildman–Crippen LogP) is 3.09. The molecule has 5 heteroatoms. The molecule has 3 N–H and O–H groups in total. The first-order valence-corrected chi connectivity index (χ1v) is 8.24. The van der Waals surface area contributed by atoms with Crippen LogP contribution in [0.3, 0.4) is 0 Å². The maximum atomic E-state index is 12.0. The molecule has 1 amide bonds. The van der Waals surface area contributed by atoms with Crippen LogP contribution in [0, 0.1) is 0 Å². The predicted molar refractivity (Wildman–Crippen MR) is 99.0 cm³/mol. The van der Waals surface area contributed by atoms with Gasteiger partial charge in [0, 0.05) is 17.7 Å². The lowest BCUT2D eigenvalue weighted by Crippen LogP contribution is -2.24. The van der Waals surface area contributed by atoms with Gasteiger partial charge in [-0.15, -0.1) is 0 Å². The Kier molecular flexibility index (Phi) is 5.36. The lowest BCUT2D eigenvalue weighted by molar-refractivity contribution is 0.0953. The minimum atomic E-state index is -0.0716. The molecule has 0 aliphatic heterocycles. The Morgan fingerprint density at radius 2 is 1.68 bits per heavy atom. The molecule has 0 bridgehead atoms. The average molecular weight is 332 g/mol. The number of nitrogens with zero attached hydrogens (tertiary/aromatic N) is 2. The number of hydrogen-bond donors (Lipinski definition) is 2. The van der Waals surface area contributed by atoms with E-state index in [0.29, 0.717) is 24.3 Å². The molecule has 0 aliphatic carbocycles. The summed E-state index contributed by atoms with van der Waals surface area (Å²) in [7, 11) is 0. The summed E-state index contributed by atoms with van der Waals surface area (Å²) in [4.78, 5) is 20.9. The Morgan fingerprint density at radius 1 is 1.00 bits per heavy atom. The third-order valence-electron chi connectivity index (χ3n) is 3.86. The van der Waals surface area contributed by atoms with Crippen molar-refractivity contribution in [2.24, 2.45) is 0 Å². The molecule has 0 aliphatic rings. The molecule has 0 atom stereocenters. The molecule has 25 heavy (non-hydrogen) atoms. The van der Waals surface area contributed by atoms with Crippen molar-refractivity contribution in [1.29, 1.82) is 0 Å². The van der Waals surface area contributed by atoms with E-state index in [1.807, 2.05) is 48.5 Å². The zero-order chi connectivity index (χ0) is 17.5. The van der Waals surface area contributed by atoms with E-state index in [1.54, 1.807) is 18.3 Å². The molecule has 0 spiro atoms. The summed E-state index contributed by atoms with van der Waals surface area (Å²) in [5, 5.41) is 2.91. The quantitative estimate of drug-likeness (QED) is 0.680. The molecule has 2 aromatic carbocycles. The molecule has 126 valence electrons. The Hall–Kier alpha value is -3.21. The van der Waals surface area contributed by atoms with Crippen LogP contribution in [0.2, 0.25) is 0 Å². The zero-order valence-corrected chi connectivity index (χ0v) is 13.9. The van der Waals surface area contributed by atoms with Gasteiger partial charge in [0.2, 0.25) is 0 Å². The number of anilines is 1. The van der Waals surface area contributed by atoms with Gasteiger partial charge in [-0.1, -0.05) is 48.5 Å². The number of nitrogen functional groups attached to an aromatic ring is 1.